The summed E-state index contributed by atoms with van der Waals surface area (Å²) in [6.07, 6.45) is 2.13. The van der Waals surface area contributed by atoms with Gasteiger partial charge in [0.05, 0.1) is 5.69 Å². The zero-order valence-corrected chi connectivity index (χ0v) is 18.1. The molecule has 1 fully saturated rings. The number of anilines is 2. The number of ether oxygens (including phenoxy) is 2. The van der Waals surface area contributed by atoms with E-state index in [-0.39, 0.29) is 0 Å². The van der Waals surface area contributed by atoms with Crippen LogP contribution < -0.4 is 25.4 Å². The van der Waals surface area contributed by atoms with Crippen LogP contribution >= 0.6 is 0 Å². The van der Waals surface area contributed by atoms with Gasteiger partial charge in [-0.15, -0.1) is 0 Å². The molecule has 0 bridgehead atoms. The minimum Gasteiger partial charge on any atom is -0.454 e. The summed E-state index contributed by atoms with van der Waals surface area (Å²) in [5.74, 6) is 2.47. The van der Waals surface area contributed by atoms with E-state index in [1.54, 1.807) is 0 Å². The van der Waals surface area contributed by atoms with Crippen molar-refractivity contribution in [1.29, 1.82) is 0 Å². The number of para-hydroxylation sites is 2. The largest absolute Gasteiger partial charge is 0.454 e. The summed E-state index contributed by atoms with van der Waals surface area (Å²) >= 11 is 0. The Kier molecular flexibility index (Phi) is 5.77. The second-order valence-corrected chi connectivity index (χ2v) is 8.28. The smallest absolute Gasteiger partial charge is 0.317 e. The van der Waals surface area contributed by atoms with Gasteiger partial charge in [0.1, 0.15) is 5.82 Å². The zero-order chi connectivity index (χ0) is 21.9. The SMILES string of the molecule is NC(=O)Nc1cc2ccccc2n1CCCCN1CCN(c2cccc3c2OCO3)CC1. The Hall–Kier alpha value is -3.39. The maximum Gasteiger partial charge on any atom is 0.317 e. The predicted octanol–water partition coefficient (Wildman–Crippen LogP) is 3.46. The van der Waals surface area contributed by atoms with E-state index in [1.807, 2.05) is 30.3 Å². The van der Waals surface area contributed by atoms with Gasteiger partial charge in [-0.25, -0.2) is 4.79 Å². The molecule has 0 spiro atoms. The van der Waals surface area contributed by atoms with Gasteiger partial charge >= 0.3 is 6.03 Å². The number of nitrogens with zero attached hydrogens (tertiary/aromatic N) is 3. The van der Waals surface area contributed by atoms with Crippen molar-refractivity contribution in [1.82, 2.24) is 9.47 Å². The zero-order valence-electron chi connectivity index (χ0n) is 18.1. The molecule has 2 aliphatic heterocycles. The van der Waals surface area contributed by atoms with Gasteiger partial charge in [-0.1, -0.05) is 24.3 Å². The van der Waals surface area contributed by atoms with Gasteiger partial charge in [-0.05, 0) is 43.7 Å². The summed E-state index contributed by atoms with van der Waals surface area (Å²) in [6, 6.07) is 15.7. The first-order chi connectivity index (χ1) is 15.7. The van der Waals surface area contributed by atoms with E-state index in [1.165, 1.54) is 0 Å². The summed E-state index contributed by atoms with van der Waals surface area (Å²) in [5.41, 5.74) is 7.61. The van der Waals surface area contributed by atoms with Crippen LogP contribution in [0.25, 0.3) is 10.9 Å². The Morgan fingerprint density at radius 3 is 2.62 bits per heavy atom. The molecule has 1 saturated heterocycles. The first kappa shape index (κ1) is 20.5. The number of nitrogens with two attached hydrogens (primary N) is 1. The molecule has 168 valence electrons. The number of nitrogens with one attached hydrogen (secondary N) is 1. The number of urea groups is 1. The molecule has 3 aromatic rings. The second-order valence-electron chi connectivity index (χ2n) is 8.28. The van der Waals surface area contributed by atoms with Gasteiger partial charge in [0.2, 0.25) is 6.79 Å². The van der Waals surface area contributed by atoms with Crippen LogP contribution in [-0.2, 0) is 6.54 Å². The molecule has 2 aromatic carbocycles. The Balaban J connectivity index is 1.13. The summed E-state index contributed by atoms with van der Waals surface area (Å²) in [7, 11) is 0. The molecule has 32 heavy (non-hydrogen) atoms. The molecule has 3 heterocycles. The van der Waals surface area contributed by atoms with Crippen LogP contribution in [0, 0.1) is 0 Å². The molecule has 0 unspecified atom stereocenters. The second kappa shape index (κ2) is 9.00. The van der Waals surface area contributed by atoms with Gasteiger partial charge in [-0.3, -0.25) is 10.2 Å². The number of benzene rings is 2. The number of piperazine rings is 1. The van der Waals surface area contributed by atoms with Crippen LogP contribution in [-0.4, -0.2) is 55.0 Å². The maximum atomic E-state index is 11.4. The Bertz CT molecular complexity index is 1100. The summed E-state index contributed by atoms with van der Waals surface area (Å²) < 4.78 is 13.3. The first-order valence-corrected chi connectivity index (χ1v) is 11.2. The molecular weight excluding hydrogens is 406 g/mol. The molecule has 2 amide bonds. The highest BCUT2D eigenvalue weighted by molar-refractivity contribution is 5.92. The van der Waals surface area contributed by atoms with Crippen LogP contribution in [0.15, 0.2) is 48.5 Å². The van der Waals surface area contributed by atoms with E-state index in [0.717, 1.165) is 86.0 Å². The molecule has 3 N–H and O–H groups in total. The number of hydrogen-bond donors (Lipinski definition) is 2. The van der Waals surface area contributed by atoms with Gasteiger partial charge < -0.3 is 24.7 Å². The van der Waals surface area contributed by atoms with Crippen molar-refractivity contribution in [3.63, 3.8) is 0 Å². The quantitative estimate of drug-likeness (QED) is 0.555. The average Bonchev–Trinajstić information content (AvgIpc) is 3.41. The highest BCUT2D eigenvalue weighted by Crippen LogP contribution is 2.41. The summed E-state index contributed by atoms with van der Waals surface area (Å²) in [5, 5.41) is 3.86. The normalized spacial score (nSPS) is 15.9. The van der Waals surface area contributed by atoms with Crippen LogP contribution in [0.4, 0.5) is 16.3 Å². The lowest BCUT2D eigenvalue weighted by molar-refractivity contribution is 0.174. The van der Waals surface area contributed by atoms with E-state index in [9.17, 15) is 4.79 Å². The number of hydrogen-bond acceptors (Lipinski definition) is 5. The number of rotatable bonds is 7. The molecule has 8 nitrogen and oxygen atoms in total. The number of amides is 2. The van der Waals surface area contributed by atoms with E-state index >= 15 is 0 Å². The number of aryl methyl sites for hydroxylation is 1. The van der Waals surface area contributed by atoms with E-state index in [2.05, 4.69) is 37.9 Å². The van der Waals surface area contributed by atoms with Crippen molar-refractivity contribution in [3.8, 4) is 11.5 Å². The topological polar surface area (TPSA) is 85.0 Å². The van der Waals surface area contributed by atoms with E-state index in [4.69, 9.17) is 15.2 Å². The highest BCUT2D eigenvalue weighted by atomic mass is 16.7. The lowest BCUT2D eigenvalue weighted by atomic mass is 10.2. The van der Waals surface area contributed by atoms with Crippen molar-refractivity contribution >= 4 is 28.4 Å². The number of aromatic nitrogens is 1. The van der Waals surface area contributed by atoms with Gasteiger partial charge in [-0.2, -0.15) is 0 Å². The van der Waals surface area contributed by atoms with Crippen molar-refractivity contribution in [2.45, 2.75) is 19.4 Å². The fraction of sp³-hybridized carbons (Fsp3) is 0.375. The number of fused-ring (bicyclic) bond motifs is 2. The van der Waals surface area contributed by atoms with Crippen LogP contribution in [0.2, 0.25) is 0 Å². The number of unbranched alkanes of at least 4 members (excludes halogenated alkanes) is 1. The molecule has 8 heteroatoms. The predicted molar refractivity (Wildman–Crippen MR) is 126 cm³/mol. The molecule has 1 aromatic heterocycles. The van der Waals surface area contributed by atoms with Crippen LogP contribution in [0.5, 0.6) is 11.5 Å². The third-order valence-electron chi connectivity index (χ3n) is 6.26. The Labute approximate surface area is 187 Å². The fourth-order valence-corrected chi connectivity index (χ4v) is 4.66. The molecule has 0 aliphatic carbocycles. The molecule has 2 aliphatic rings. The van der Waals surface area contributed by atoms with E-state index in [0.29, 0.717) is 6.79 Å². The third kappa shape index (κ3) is 4.18. The van der Waals surface area contributed by atoms with Gasteiger partial charge in [0.15, 0.2) is 11.5 Å². The molecule has 0 atom stereocenters. The standard InChI is InChI=1S/C24H29N5O3/c25-24(30)26-22-16-18-6-1-2-7-19(18)29(22)11-4-3-10-27-12-14-28(15-13-27)20-8-5-9-21-23(20)32-17-31-21/h1-2,5-9,16H,3-4,10-15,17H2,(H3,25,26,30). The monoisotopic (exact) mass is 435 g/mol. The van der Waals surface area contributed by atoms with Crippen molar-refractivity contribution in [2.24, 2.45) is 5.73 Å². The maximum absolute atomic E-state index is 11.4. The lowest BCUT2D eigenvalue weighted by Crippen LogP contribution is -2.46. The lowest BCUT2D eigenvalue weighted by Gasteiger charge is -2.36. The van der Waals surface area contributed by atoms with Gasteiger partial charge in [0, 0.05) is 43.6 Å². The molecule has 5 rings (SSSR count). The Morgan fingerprint density at radius 2 is 1.78 bits per heavy atom. The molecular formula is C24H29N5O3. The summed E-state index contributed by atoms with van der Waals surface area (Å²) in [6.45, 7) is 6.24. The van der Waals surface area contributed by atoms with Crippen molar-refractivity contribution < 1.29 is 14.3 Å². The number of carbonyl (C=O) groups is 1. The summed E-state index contributed by atoms with van der Waals surface area (Å²) in [4.78, 5) is 16.3. The van der Waals surface area contributed by atoms with Gasteiger partial charge in [0.25, 0.3) is 0 Å². The van der Waals surface area contributed by atoms with Crippen molar-refractivity contribution in [2.75, 3.05) is 49.7 Å². The Morgan fingerprint density at radius 1 is 0.969 bits per heavy atom. The number of carbonyl (C=O) groups excluding carboxylic acids is 1. The molecule has 0 radical (unpaired) electrons. The minimum absolute atomic E-state index is 0.305. The van der Waals surface area contributed by atoms with Crippen LogP contribution in [0.1, 0.15) is 12.8 Å². The third-order valence-corrected chi connectivity index (χ3v) is 6.26. The molecule has 0 saturated carbocycles. The highest BCUT2D eigenvalue weighted by Gasteiger charge is 2.24. The minimum atomic E-state index is -0.534. The van der Waals surface area contributed by atoms with Crippen LogP contribution in [0.3, 0.4) is 0 Å². The van der Waals surface area contributed by atoms with Crippen molar-refractivity contribution in [3.05, 3.63) is 48.5 Å². The number of primary amides is 1. The average molecular weight is 436 g/mol. The fourth-order valence-electron chi connectivity index (χ4n) is 4.66. The first-order valence-electron chi connectivity index (χ1n) is 11.2. The van der Waals surface area contributed by atoms with E-state index < -0.39 is 6.03 Å².